The molecule has 1 atom stereocenters. The summed E-state index contributed by atoms with van der Waals surface area (Å²) in [5, 5.41) is 9.65. The van der Waals surface area contributed by atoms with E-state index >= 15 is 0 Å². The third-order valence-corrected chi connectivity index (χ3v) is 2.53. The first-order valence-electron chi connectivity index (χ1n) is 5.02. The van der Waals surface area contributed by atoms with Gasteiger partial charge >= 0.3 is 5.97 Å². The molecule has 1 aliphatic rings. The van der Waals surface area contributed by atoms with Gasteiger partial charge < -0.3 is 19.3 Å². The van der Waals surface area contributed by atoms with Crippen molar-refractivity contribution in [3.8, 4) is 11.5 Å². The van der Waals surface area contributed by atoms with Gasteiger partial charge in [0.25, 0.3) is 6.43 Å². The maximum Gasteiger partial charge on any atom is 0.339 e. The molecule has 1 aromatic carbocycles. The maximum absolute atomic E-state index is 12.9. The number of esters is 1. The number of ether oxygens (including phenoxy) is 3. The van der Waals surface area contributed by atoms with Crippen LogP contribution in [0.3, 0.4) is 0 Å². The summed E-state index contributed by atoms with van der Waals surface area (Å²) in [6, 6.07) is 2.21. The Hall–Kier alpha value is -1.89. The molecule has 0 fully saturated rings. The smallest absolute Gasteiger partial charge is 0.339 e. The molecule has 18 heavy (non-hydrogen) atoms. The molecule has 0 aromatic heterocycles. The van der Waals surface area contributed by atoms with Crippen molar-refractivity contribution in [3.63, 3.8) is 0 Å². The summed E-state index contributed by atoms with van der Waals surface area (Å²) in [4.78, 5) is 11.2. The van der Waals surface area contributed by atoms with E-state index in [-0.39, 0.29) is 23.9 Å². The molecule has 5 nitrogen and oxygen atoms in total. The molecule has 0 saturated carbocycles. The van der Waals surface area contributed by atoms with E-state index in [1.54, 1.807) is 0 Å². The number of aliphatic hydroxyl groups is 1. The van der Waals surface area contributed by atoms with Crippen LogP contribution in [0.15, 0.2) is 12.1 Å². The van der Waals surface area contributed by atoms with Crippen molar-refractivity contribution in [1.29, 1.82) is 0 Å². The Bertz CT molecular complexity index is 475. The second-order valence-electron chi connectivity index (χ2n) is 3.56. The van der Waals surface area contributed by atoms with E-state index in [2.05, 4.69) is 4.74 Å². The maximum atomic E-state index is 12.9. The van der Waals surface area contributed by atoms with E-state index in [1.165, 1.54) is 0 Å². The third kappa shape index (κ3) is 2.08. The minimum Gasteiger partial charge on any atom is -0.467 e. The predicted octanol–water partition coefficient (Wildman–Crippen LogP) is 1.56. The summed E-state index contributed by atoms with van der Waals surface area (Å²) in [6.07, 6.45) is -4.64. The molecular formula is C11H10F2O5. The summed E-state index contributed by atoms with van der Waals surface area (Å²) < 4.78 is 40.0. The highest BCUT2D eigenvalue weighted by Crippen LogP contribution is 2.40. The normalized spacial score (nSPS) is 14.7. The molecule has 1 aliphatic heterocycles. The predicted molar refractivity (Wildman–Crippen MR) is 54.5 cm³/mol. The molecule has 0 radical (unpaired) electrons. The fraction of sp³-hybridized carbons (Fsp3) is 0.364. The summed E-state index contributed by atoms with van der Waals surface area (Å²) in [7, 11) is 1.06. The van der Waals surface area contributed by atoms with E-state index in [0.717, 1.165) is 19.2 Å². The van der Waals surface area contributed by atoms with Crippen LogP contribution in [0.4, 0.5) is 8.78 Å². The molecule has 1 unspecified atom stereocenters. The zero-order valence-electron chi connectivity index (χ0n) is 9.35. The molecule has 0 bridgehead atoms. The Kier molecular flexibility index (Phi) is 3.33. The van der Waals surface area contributed by atoms with Crippen LogP contribution in [0, 0.1) is 0 Å². The quantitative estimate of drug-likeness (QED) is 0.835. The minimum absolute atomic E-state index is 0.0875. The zero-order valence-corrected chi connectivity index (χ0v) is 9.35. The first-order chi connectivity index (χ1) is 8.54. The first-order valence-corrected chi connectivity index (χ1v) is 5.02. The van der Waals surface area contributed by atoms with Crippen LogP contribution < -0.4 is 9.47 Å². The fourth-order valence-corrected chi connectivity index (χ4v) is 1.64. The Morgan fingerprint density at radius 3 is 2.39 bits per heavy atom. The van der Waals surface area contributed by atoms with E-state index in [4.69, 9.17) is 9.47 Å². The lowest BCUT2D eigenvalue weighted by atomic mass is 10.0. The van der Waals surface area contributed by atoms with Crippen molar-refractivity contribution in [2.45, 2.75) is 12.5 Å². The van der Waals surface area contributed by atoms with E-state index < -0.39 is 24.1 Å². The Labute approximate surface area is 101 Å². The van der Waals surface area contributed by atoms with Crippen LogP contribution in [0.25, 0.3) is 0 Å². The Morgan fingerprint density at radius 1 is 1.33 bits per heavy atom. The number of halogens is 2. The van der Waals surface area contributed by atoms with Crippen LogP contribution in [0.2, 0.25) is 0 Å². The van der Waals surface area contributed by atoms with Crippen LogP contribution in [-0.2, 0) is 9.53 Å². The molecule has 98 valence electrons. The van der Waals surface area contributed by atoms with Crippen molar-refractivity contribution in [2.24, 2.45) is 0 Å². The minimum atomic E-state index is -2.85. The van der Waals surface area contributed by atoms with Crippen LogP contribution in [0.5, 0.6) is 11.5 Å². The number of carbonyl (C=O) groups is 1. The topological polar surface area (TPSA) is 65.0 Å². The molecule has 0 saturated heterocycles. The van der Waals surface area contributed by atoms with Crippen molar-refractivity contribution in [1.82, 2.24) is 0 Å². The summed E-state index contributed by atoms with van der Waals surface area (Å²) in [5.41, 5.74) is -0.738. The van der Waals surface area contributed by atoms with Crippen molar-refractivity contribution >= 4 is 5.97 Å². The number of fused-ring (bicyclic) bond motifs is 1. The number of methoxy groups -OCH3 is 1. The van der Waals surface area contributed by atoms with Gasteiger partial charge in [-0.1, -0.05) is 0 Å². The van der Waals surface area contributed by atoms with Gasteiger partial charge in [0.1, 0.15) is 0 Å². The van der Waals surface area contributed by atoms with Crippen molar-refractivity contribution < 1.29 is 32.9 Å². The largest absolute Gasteiger partial charge is 0.467 e. The highest BCUT2D eigenvalue weighted by atomic mass is 19.3. The lowest BCUT2D eigenvalue weighted by Crippen LogP contribution is -2.15. The van der Waals surface area contributed by atoms with Gasteiger partial charge in [-0.05, 0) is 12.1 Å². The standard InChI is InChI=1S/C11H10F2O5/c1-16-11(15)9(14)5-2-7-8(18-4-17-7)3-6(5)10(12)13/h2-3,9-10,14H,4H2,1H3. The second-order valence-corrected chi connectivity index (χ2v) is 3.56. The zero-order chi connectivity index (χ0) is 13.3. The van der Waals surface area contributed by atoms with Gasteiger partial charge in [0, 0.05) is 11.1 Å². The van der Waals surface area contributed by atoms with Crippen molar-refractivity contribution in [3.05, 3.63) is 23.3 Å². The highest BCUT2D eigenvalue weighted by molar-refractivity contribution is 5.77. The number of hydrogen-bond acceptors (Lipinski definition) is 5. The number of hydrogen-bond donors (Lipinski definition) is 1. The van der Waals surface area contributed by atoms with Gasteiger partial charge in [0.2, 0.25) is 6.79 Å². The molecule has 2 rings (SSSR count). The number of benzene rings is 1. The van der Waals surface area contributed by atoms with Crippen LogP contribution in [-0.4, -0.2) is 25.0 Å². The molecule has 1 aromatic rings. The molecule has 1 N–H and O–H groups in total. The van der Waals surface area contributed by atoms with E-state index in [0.29, 0.717) is 0 Å². The van der Waals surface area contributed by atoms with Gasteiger partial charge in [0.05, 0.1) is 7.11 Å². The number of rotatable bonds is 3. The van der Waals surface area contributed by atoms with Gasteiger partial charge in [-0.2, -0.15) is 0 Å². The fourth-order valence-electron chi connectivity index (χ4n) is 1.64. The average Bonchev–Trinajstić information content (AvgIpc) is 2.82. The summed E-state index contributed by atoms with van der Waals surface area (Å²) >= 11 is 0. The third-order valence-electron chi connectivity index (χ3n) is 2.53. The molecule has 0 aliphatic carbocycles. The SMILES string of the molecule is COC(=O)C(O)c1cc2c(cc1C(F)F)OCO2. The van der Waals surface area contributed by atoms with Gasteiger partial charge in [-0.15, -0.1) is 0 Å². The second kappa shape index (κ2) is 4.77. The first kappa shape index (κ1) is 12.6. The van der Waals surface area contributed by atoms with Gasteiger partial charge in [0.15, 0.2) is 17.6 Å². The van der Waals surface area contributed by atoms with E-state index in [1.807, 2.05) is 0 Å². The van der Waals surface area contributed by atoms with E-state index in [9.17, 15) is 18.7 Å². The Morgan fingerprint density at radius 2 is 1.89 bits per heavy atom. The molecular weight excluding hydrogens is 250 g/mol. The van der Waals surface area contributed by atoms with Crippen LogP contribution in [0.1, 0.15) is 23.7 Å². The molecule has 7 heteroatoms. The van der Waals surface area contributed by atoms with Gasteiger partial charge in [-0.25, -0.2) is 13.6 Å². The summed E-state index contributed by atoms with van der Waals surface area (Å²) in [5.74, 6) is -0.653. The average molecular weight is 260 g/mol. The van der Waals surface area contributed by atoms with Crippen LogP contribution >= 0.6 is 0 Å². The lowest BCUT2D eigenvalue weighted by Gasteiger charge is -2.14. The Balaban J connectivity index is 2.47. The number of aliphatic hydroxyl groups excluding tert-OH is 1. The highest BCUT2D eigenvalue weighted by Gasteiger charge is 2.28. The monoisotopic (exact) mass is 260 g/mol. The summed E-state index contributed by atoms with van der Waals surface area (Å²) in [6.45, 7) is -0.0875. The van der Waals surface area contributed by atoms with Crippen molar-refractivity contribution in [2.75, 3.05) is 13.9 Å². The van der Waals surface area contributed by atoms with Gasteiger partial charge in [-0.3, -0.25) is 0 Å². The molecule has 1 heterocycles. The lowest BCUT2D eigenvalue weighted by molar-refractivity contribution is -0.150. The number of carbonyl (C=O) groups excluding carboxylic acids is 1. The molecule has 0 spiro atoms. The molecule has 0 amide bonds. The number of alkyl halides is 2.